The molecule has 0 atom stereocenters. The number of amides is 1. The standard InChI is InChI=1S/C10H12N2O4/c1-5(13)12-7-4-3-6(10(15)16-2)8(11)9(7)14/h3-4,14H,11H2,1-2H3,(H,12,13). The van der Waals surface area contributed by atoms with Crippen LogP contribution in [0, 0.1) is 0 Å². The third-order valence-corrected chi connectivity index (χ3v) is 1.93. The van der Waals surface area contributed by atoms with E-state index in [9.17, 15) is 14.7 Å². The molecule has 1 aromatic carbocycles. The number of carbonyl (C=O) groups excluding carboxylic acids is 2. The van der Waals surface area contributed by atoms with Crippen LogP contribution in [-0.2, 0) is 9.53 Å². The van der Waals surface area contributed by atoms with E-state index >= 15 is 0 Å². The molecular formula is C10H12N2O4. The van der Waals surface area contributed by atoms with Gasteiger partial charge in [0, 0.05) is 6.92 Å². The van der Waals surface area contributed by atoms with Gasteiger partial charge in [0.05, 0.1) is 24.0 Å². The zero-order valence-electron chi connectivity index (χ0n) is 8.90. The van der Waals surface area contributed by atoms with Gasteiger partial charge in [0.1, 0.15) is 0 Å². The molecule has 1 aromatic rings. The van der Waals surface area contributed by atoms with E-state index in [1.165, 1.54) is 26.2 Å². The van der Waals surface area contributed by atoms with Gasteiger partial charge in [-0.3, -0.25) is 4.79 Å². The maximum absolute atomic E-state index is 11.2. The third kappa shape index (κ3) is 2.22. The number of benzene rings is 1. The summed E-state index contributed by atoms with van der Waals surface area (Å²) in [6.45, 7) is 1.30. The van der Waals surface area contributed by atoms with Gasteiger partial charge in [-0.1, -0.05) is 0 Å². The minimum atomic E-state index is -0.651. The summed E-state index contributed by atoms with van der Waals surface area (Å²) >= 11 is 0. The Morgan fingerprint density at radius 3 is 2.56 bits per heavy atom. The lowest BCUT2D eigenvalue weighted by Gasteiger charge is -2.10. The number of anilines is 2. The first-order valence-electron chi connectivity index (χ1n) is 4.44. The van der Waals surface area contributed by atoms with E-state index < -0.39 is 5.97 Å². The molecule has 0 aliphatic heterocycles. The normalized spacial score (nSPS) is 9.62. The number of hydrogen-bond acceptors (Lipinski definition) is 5. The molecule has 0 heterocycles. The van der Waals surface area contributed by atoms with Crippen molar-refractivity contribution in [2.45, 2.75) is 6.92 Å². The highest BCUT2D eigenvalue weighted by Gasteiger charge is 2.16. The lowest BCUT2D eigenvalue weighted by Crippen LogP contribution is -2.10. The minimum Gasteiger partial charge on any atom is -0.504 e. The van der Waals surface area contributed by atoms with Crippen LogP contribution in [-0.4, -0.2) is 24.1 Å². The summed E-state index contributed by atoms with van der Waals surface area (Å²) in [6.07, 6.45) is 0. The van der Waals surface area contributed by atoms with Crippen LogP contribution >= 0.6 is 0 Å². The molecule has 6 nitrogen and oxygen atoms in total. The van der Waals surface area contributed by atoms with Crippen molar-refractivity contribution in [3.8, 4) is 5.75 Å². The Hall–Kier alpha value is -2.24. The van der Waals surface area contributed by atoms with Crippen molar-refractivity contribution in [1.82, 2.24) is 0 Å². The van der Waals surface area contributed by atoms with Gasteiger partial charge in [0.25, 0.3) is 0 Å². The van der Waals surface area contributed by atoms with Crippen molar-refractivity contribution in [3.05, 3.63) is 17.7 Å². The largest absolute Gasteiger partial charge is 0.504 e. The summed E-state index contributed by atoms with van der Waals surface area (Å²) in [5.41, 5.74) is 5.61. The molecule has 0 aliphatic rings. The van der Waals surface area contributed by atoms with E-state index in [0.29, 0.717) is 0 Å². The maximum atomic E-state index is 11.2. The first-order chi connectivity index (χ1) is 7.47. The Labute approximate surface area is 92.0 Å². The van der Waals surface area contributed by atoms with Crippen LogP contribution in [0.1, 0.15) is 17.3 Å². The number of aromatic hydroxyl groups is 1. The minimum absolute atomic E-state index is 0.0501. The van der Waals surface area contributed by atoms with Crippen LogP contribution in [0.15, 0.2) is 12.1 Å². The average molecular weight is 224 g/mol. The number of hydrogen-bond donors (Lipinski definition) is 3. The van der Waals surface area contributed by atoms with Crippen molar-refractivity contribution < 1.29 is 19.4 Å². The Bertz CT molecular complexity index is 443. The fourth-order valence-corrected chi connectivity index (χ4v) is 1.19. The first kappa shape index (κ1) is 11.8. The number of methoxy groups -OCH3 is 1. The summed E-state index contributed by atoms with van der Waals surface area (Å²) in [7, 11) is 1.21. The molecule has 1 rings (SSSR count). The van der Waals surface area contributed by atoms with E-state index in [-0.39, 0.29) is 28.6 Å². The van der Waals surface area contributed by atoms with Crippen molar-refractivity contribution >= 4 is 23.3 Å². The lowest BCUT2D eigenvalue weighted by molar-refractivity contribution is -0.114. The number of nitrogen functional groups attached to an aromatic ring is 1. The smallest absolute Gasteiger partial charge is 0.340 e. The van der Waals surface area contributed by atoms with Crippen LogP contribution in [0.25, 0.3) is 0 Å². The lowest BCUT2D eigenvalue weighted by atomic mass is 10.1. The molecule has 0 unspecified atom stereocenters. The van der Waals surface area contributed by atoms with Gasteiger partial charge >= 0.3 is 5.97 Å². The van der Waals surface area contributed by atoms with Gasteiger partial charge in [0.15, 0.2) is 5.75 Å². The van der Waals surface area contributed by atoms with Crippen molar-refractivity contribution in [3.63, 3.8) is 0 Å². The molecular weight excluding hydrogens is 212 g/mol. The van der Waals surface area contributed by atoms with E-state index in [1.54, 1.807) is 0 Å². The second-order valence-electron chi connectivity index (χ2n) is 3.10. The van der Waals surface area contributed by atoms with Gasteiger partial charge in [0.2, 0.25) is 5.91 Å². The second-order valence-corrected chi connectivity index (χ2v) is 3.10. The fourth-order valence-electron chi connectivity index (χ4n) is 1.19. The van der Waals surface area contributed by atoms with Crippen LogP contribution in [0.5, 0.6) is 5.75 Å². The molecule has 0 radical (unpaired) electrons. The number of rotatable bonds is 2. The summed E-state index contributed by atoms with van der Waals surface area (Å²) in [5, 5.41) is 12.0. The van der Waals surface area contributed by atoms with E-state index in [1.807, 2.05) is 0 Å². The van der Waals surface area contributed by atoms with Crippen LogP contribution in [0.2, 0.25) is 0 Å². The van der Waals surface area contributed by atoms with Gasteiger partial charge in [-0.05, 0) is 12.1 Å². The van der Waals surface area contributed by atoms with E-state index in [4.69, 9.17) is 5.73 Å². The number of esters is 1. The second kappa shape index (κ2) is 4.52. The molecule has 0 saturated heterocycles. The molecule has 0 saturated carbocycles. The molecule has 0 aliphatic carbocycles. The Morgan fingerprint density at radius 2 is 2.06 bits per heavy atom. The third-order valence-electron chi connectivity index (χ3n) is 1.93. The number of ether oxygens (including phenoxy) is 1. The highest BCUT2D eigenvalue weighted by molar-refractivity contribution is 6.00. The molecule has 0 bridgehead atoms. The first-order valence-corrected chi connectivity index (χ1v) is 4.44. The summed E-state index contributed by atoms with van der Waals surface area (Å²) in [6, 6.07) is 2.74. The Balaban J connectivity index is 3.17. The van der Waals surface area contributed by atoms with Gasteiger partial charge in [-0.15, -0.1) is 0 Å². The van der Waals surface area contributed by atoms with Crippen molar-refractivity contribution in [2.75, 3.05) is 18.2 Å². The topological polar surface area (TPSA) is 102 Å². The number of phenols is 1. The zero-order valence-corrected chi connectivity index (χ0v) is 8.90. The maximum Gasteiger partial charge on any atom is 0.340 e. The summed E-state index contributed by atoms with van der Waals surface area (Å²) in [5.74, 6) is -1.35. The molecule has 0 spiro atoms. The Kier molecular flexibility index (Phi) is 3.34. The predicted molar refractivity (Wildman–Crippen MR) is 58.2 cm³/mol. The quantitative estimate of drug-likeness (QED) is 0.390. The number of nitrogens with two attached hydrogens (primary N) is 1. The summed E-state index contributed by atoms with van der Waals surface area (Å²) < 4.78 is 4.48. The summed E-state index contributed by atoms with van der Waals surface area (Å²) in [4.78, 5) is 22.0. The molecule has 1 amide bonds. The SMILES string of the molecule is COC(=O)c1ccc(NC(C)=O)c(O)c1N. The monoisotopic (exact) mass is 224 g/mol. The predicted octanol–water partition coefficient (Wildman–Crippen LogP) is 0.719. The molecule has 0 aromatic heterocycles. The molecule has 0 fully saturated rings. The number of carbonyl (C=O) groups is 2. The average Bonchev–Trinajstić information content (AvgIpc) is 2.23. The highest BCUT2D eigenvalue weighted by atomic mass is 16.5. The van der Waals surface area contributed by atoms with Gasteiger partial charge < -0.3 is 20.9 Å². The number of nitrogens with one attached hydrogen (secondary N) is 1. The van der Waals surface area contributed by atoms with E-state index in [0.717, 1.165) is 0 Å². The van der Waals surface area contributed by atoms with Crippen LogP contribution < -0.4 is 11.1 Å². The number of phenolic OH excluding ortho intramolecular Hbond substituents is 1. The van der Waals surface area contributed by atoms with E-state index in [2.05, 4.69) is 10.1 Å². The highest BCUT2D eigenvalue weighted by Crippen LogP contribution is 2.33. The fraction of sp³-hybridized carbons (Fsp3) is 0.200. The van der Waals surface area contributed by atoms with Crippen molar-refractivity contribution in [1.29, 1.82) is 0 Å². The molecule has 86 valence electrons. The van der Waals surface area contributed by atoms with Crippen LogP contribution in [0.4, 0.5) is 11.4 Å². The zero-order chi connectivity index (χ0) is 12.3. The van der Waals surface area contributed by atoms with Crippen molar-refractivity contribution in [2.24, 2.45) is 0 Å². The molecule has 4 N–H and O–H groups in total. The molecule has 16 heavy (non-hydrogen) atoms. The Morgan fingerprint density at radius 1 is 1.44 bits per heavy atom. The van der Waals surface area contributed by atoms with Gasteiger partial charge in [-0.25, -0.2) is 4.79 Å². The molecule has 6 heteroatoms. The van der Waals surface area contributed by atoms with Crippen LogP contribution in [0.3, 0.4) is 0 Å². The van der Waals surface area contributed by atoms with Gasteiger partial charge in [-0.2, -0.15) is 0 Å².